The summed E-state index contributed by atoms with van der Waals surface area (Å²) >= 11 is 0. The van der Waals surface area contributed by atoms with E-state index in [2.05, 4.69) is 20.4 Å². The Morgan fingerprint density at radius 2 is 1.89 bits per heavy atom. The molecule has 224 valence electrons. The molecule has 2 N–H and O–H groups in total. The number of ether oxygens (including phenoxy) is 2. The topological polar surface area (TPSA) is 157 Å². The molecular weight excluding hydrogens is 567 g/mol. The quantitative estimate of drug-likeness (QED) is 0.362. The summed E-state index contributed by atoms with van der Waals surface area (Å²) in [4.78, 5) is 44.5. The van der Waals surface area contributed by atoms with Crippen molar-refractivity contribution in [3.63, 3.8) is 0 Å². The van der Waals surface area contributed by atoms with Crippen molar-refractivity contribution in [1.82, 2.24) is 9.88 Å². The Balaban J connectivity index is 1.49. The van der Waals surface area contributed by atoms with Crippen molar-refractivity contribution in [2.75, 3.05) is 24.3 Å². The summed E-state index contributed by atoms with van der Waals surface area (Å²) < 4.78 is 25.5. The van der Waals surface area contributed by atoms with Gasteiger partial charge >= 0.3 is 12.2 Å². The van der Waals surface area contributed by atoms with Crippen molar-refractivity contribution in [3.8, 4) is 23.4 Å². The van der Waals surface area contributed by atoms with Crippen LogP contribution in [0.5, 0.6) is 0 Å². The Hall–Kier alpha value is -5.49. The second-order valence-electron chi connectivity index (χ2n) is 10.7. The Kier molecular flexibility index (Phi) is 8.72. The average Bonchev–Trinajstić information content (AvgIpc) is 3.02. The molecule has 2 aliphatic heterocycles. The van der Waals surface area contributed by atoms with E-state index < -0.39 is 30.1 Å². The number of rotatable bonds is 3. The number of nitriles is 2. The number of benzene rings is 2. The van der Waals surface area contributed by atoms with Gasteiger partial charge in [0.2, 0.25) is 5.91 Å². The zero-order valence-corrected chi connectivity index (χ0v) is 24.1. The SMILES string of the molecule is COC(=O)Nc1ccc2c(c1)NC(=O)[C@H](C)CCC[C@H](N1CC[C@H](c3c(C#N)ccc(C#N)c3F)OC1=O)c1ccnc-2c1. The van der Waals surface area contributed by atoms with Gasteiger partial charge in [-0.25, -0.2) is 14.0 Å². The lowest BCUT2D eigenvalue weighted by Gasteiger charge is -2.38. The second kappa shape index (κ2) is 12.8. The number of aromatic nitrogens is 1. The van der Waals surface area contributed by atoms with Crippen LogP contribution < -0.4 is 10.6 Å². The van der Waals surface area contributed by atoms with Crippen molar-refractivity contribution in [2.45, 2.75) is 44.8 Å². The first-order valence-electron chi connectivity index (χ1n) is 14.1. The Morgan fingerprint density at radius 3 is 2.61 bits per heavy atom. The second-order valence-corrected chi connectivity index (χ2v) is 10.7. The highest BCUT2D eigenvalue weighted by Gasteiger charge is 2.36. The highest BCUT2D eigenvalue weighted by Crippen LogP contribution is 2.39. The molecule has 0 aliphatic carbocycles. The number of nitrogens with zero attached hydrogens (tertiary/aromatic N) is 4. The molecule has 2 aromatic carbocycles. The summed E-state index contributed by atoms with van der Waals surface area (Å²) in [6.07, 6.45) is 1.16. The van der Waals surface area contributed by atoms with Gasteiger partial charge in [0.25, 0.3) is 0 Å². The van der Waals surface area contributed by atoms with Gasteiger partial charge in [0, 0.05) is 41.9 Å². The molecule has 0 saturated carbocycles. The molecule has 2 bridgehead atoms. The molecule has 12 heteroatoms. The van der Waals surface area contributed by atoms with Crippen LogP contribution in [0, 0.1) is 34.4 Å². The number of hydrogen-bond acceptors (Lipinski definition) is 8. The number of halogens is 1. The van der Waals surface area contributed by atoms with E-state index in [0.717, 1.165) is 5.56 Å². The molecule has 2 aliphatic rings. The van der Waals surface area contributed by atoms with Crippen LogP contribution in [0.25, 0.3) is 11.3 Å². The zero-order chi connectivity index (χ0) is 31.4. The average molecular weight is 597 g/mol. The van der Waals surface area contributed by atoms with Crippen LogP contribution >= 0.6 is 0 Å². The van der Waals surface area contributed by atoms with Gasteiger partial charge in [-0.05, 0) is 60.9 Å². The van der Waals surface area contributed by atoms with Crippen LogP contribution in [-0.4, -0.2) is 41.6 Å². The molecule has 5 rings (SSSR count). The predicted octanol–water partition coefficient (Wildman–Crippen LogP) is 6.19. The minimum atomic E-state index is -1.02. The van der Waals surface area contributed by atoms with Crippen molar-refractivity contribution in [1.29, 1.82) is 10.5 Å². The summed E-state index contributed by atoms with van der Waals surface area (Å²) in [7, 11) is 1.25. The summed E-state index contributed by atoms with van der Waals surface area (Å²) in [5.74, 6) is -1.42. The summed E-state index contributed by atoms with van der Waals surface area (Å²) in [6.45, 7) is 2.03. The number of carbonyl (C=O) groups excluding carboxylic acids is 3. The molecule has 1 saturated heterocycles. The first-order valence-corrected chi connectivity index (χ1v) is 14.1. The molecule has 0 spiro atoms. The van der Waals surface area contributed by atoms with E-state index in [1.807, 2.05) is 25.1 Å². The Labute approximate surface area is 253 Å². The Bertz CT molecular complexity index is 1710. The van der Waals surface area contributed by atoms with E-state index in [9.17, 15) is 24.9 Å². The van der Waals surface area contributed by atoms with E-state index in [1.165, 1.54) is 19.2 Å². The van der Waals surface area contributed by atoms with Gasteiger partial charge in [-0.2, -0.15) is 10.5 Å². The maximum atomic E-state index is 15.1. The van der Waals surface area contributed by atoms with Crippen molar-refractivity contribution >= 4 is 29.5 Å². The van der Waals surface area contributed by atoms with Crippen LogP contribution in [0.2, 0.25) is 0 Å². The number of pyridine rings is 1. The first kappa shape index (κ1) is 30.0. The lowest BCUT2D eigenvalue weighted by molar-refractivity contribution is -0.119. The fourth-order valence-corrected chi connectivity index (χ4v) is 5.60. The third-order valence-corrected chi connectivity index (χ3v) is 7.94. The number of methoxy groups -OCH3 is 1. The van der Waals surface area contributed by atoms with Crippen molar-refractivity contribution < 1.29 is 28.2 Å². The molecule has 3 heterocycles. The van der Waals surface area contributed by atoms with Gasteiger partial charge in [0.15, 0.2) is 0 Å². The number of hydrogen-bond donors (Lipinski definition) is 2. The third-order valence-electron chi connectivity index (χ3n) is 7.94. The van der Waals surface area contributed by atoms with Gasteiger partial charge in [-0.3, -0.25) is 15.1 Å². The van der Waals surface area contributed by atoms with Crippen LogP contribution in [0.15, 0.2) is 48.7 Å². The number of fused-ring (bicyclic) bond motifs is 4. The fraction of sp³-hybridized carbons (Fsp3) is 0.312. The minimum Gasteiger partial charge on any atom is -0.453 e. The lowest BCUT2D eigenvalue weighted by Crippen LogP contribution is -2.42. The van der Waals surface area contributed by atoms with Crippen LogP contribution in [-0.2, 0) is 14.3 Å². The summed E-state index contributed by atoms with van der Waals surface area (Å²) in [6, 6.07) is 14.5. The standard InChI is InChI=1S/C32H29FN6O5/c1-18-4-3-5-26(39-13-11-27(44-32(39)42)28-20(16-34)6-7-21(17-35)29(28)33)19-10-12-36-24(14-19)23-9-8-22(37-31(41)43-2)15-25(23)38-30(18)40/h6-10,12,14-15,18,26-27H,3-5,11,13H2,1-2H3,(H,37,41)(H,38,40)/t18-,26+,27-/m1/s1. The highest BCUT2D eigenvalue weighted by atomic mass is 19.1. The van der Waals surface area contributed by atoms with E-state index in [-0.39, 0.29) is 41.5 Å². The largest absolute Gasteiger partial charge is 0.453 e. The molecule has 3 aromatic rings. The maximum Gasteiger partial charge on any atom is 0.411 e. The van der Waals surface area contributed by atoms with Crippen LogP contribution in [0.3, 0.4) is 0 Å². The summed E-state index contributed by atoms with van der Waals surface area (Å²) in [5, 5.41) is 24.4. The highest BCUT2D eigenvalue weighted by molar-refractivity contribution is 5.98. The number of anilines is 2. The molecule has 1 aromatic heterocycles. The predicted molar refractivity (Wildman–Crippen MR) is 156 cm³/mol. The van der Waals surface area contributed by atoms with E-state index in [1.54, 1.807) is 35.4 Å². The zero-order valence-electron chi connectivity index (χ0n) is 24.1. The smallest absolute Gasteiger partial charge is 0.411 e. The molecular formula is C32H29FN6O5. The first-order chi connectivity index (χ1) is 21.2. The molecule has 3 atom stereocenters. The summed E-state index contributed by atoms with van der Waals surface area (Å²) in [5.41, 5.74) is 2.50. The molecule has 44 heavy (non-hydrogen) atoms. The third kappa shape index (κ3) is 6.01. The minimum absolute atomic E-state index is 0.00778. The number of cyclic esters (lactones) is 1. The molecule has 0 radical (unpaired) electrons. The number of carbonyl (C=O) groups is 3. The van der Waals surface area contributed by atoms with Crippen LogP contribution in [0.1, 0.15) is 67.0 Å². The van der Waals surface area contributed by atoms with E-state index in [4.69, 9.17) is 4.74 Å². The van der Waals surface area contributed by atoms with E-state index >= 15 is 4.39 Å². The van der Waals surface area contributed by atoms with Gasteiger partial charge in [-0.15, -0.1) is 0 Å². The maximum absolute atomic E-state index is 15.1. The number of amides is 3. The van der Waals surface area contributed by atoms with Crippen LogP contribution in [0.4, 0.5) is 25.4 Å². The molecule has 0 unspecified atom stereocenters. The molecule has 3 amide bonds. The fourth-order valence-electron chi connectivity index (χ4n) is 5.60. The lowest BCUT2D eigenvalue weighted by atomic mass is 9.92. The van der Waals surface area contributed by atoms with Gasteiger partial charge in [0.1, 0.15) is 18.0 Å². The van der Waals surface area contributed by atoms with Gasteiger partial charge < -0.3 is 19.7 Å². The normalized spacial score (nSPS) is 19.9. The van der Waals surface area contributed by atoms with E-state index in [0.29, 0.717) is 41.9 Å². The van der Waals surface area contributed by atoms with Gasteiger partial charge in [-0.1, -0.05) is 13.3 Å². The monoisotopic (exact) mass is 596 g/mol. The van der Waals surface area contributed by atoms with Crippen molar-refractivity contribution in [3.05, 3.63) is 76.7 Å². The Morgan fingerprint density at radius 1 is 1.11 bits per heavy atom. The molecule has 11 nitrogen and oxygen atoms in total. The van der Waals surface area contributed by atoms with Gasteiger partial charge in [0.05, 0.1) is 41.7 Å². The molecule has 1 fully saturated rings. The van der Waals surface area contributed by atoms with Crippen molar-refractivity contribution in [2.24, 2.45) is 5.92 Å². The number of nitrogens with one attached hydrogen (secondary N) is 2.